The first-order chi connectivity index (χ1) is 41.8. The Kier molecular flexibility index (Phi) is 25.6. The van der Waals surface area contributed by atoms with Crippen LogP contribution in [0.5, 0.6) is 17.2 Å². The van der Waals surface area contributed by atoms with Gasteiger partial charge in [0.2, 0.25) is 0 Å². The van der Waals surface area contributed by atoms with Crippen LogP contribution < -0.4 is 17.1 Å². The molecule has 3 aromatic carbocycles. The van der Waals surface area contributed by atoms with Gasteiger partial charge < -0.3 is 43.7 Å². The average molecular weight is 1310 g/mol. The standard InChI is InChI=1S/C69H99N3O15S3/c1-22-31-82-58(76)67(28-7,55(85-49(88)25-4)43-34-40(10)52(73)46(37-43)64(13,14)15)70-61(79)71(68(29-8,59(77)83-32-23-2)56(86-50(89)26-5)44-35-41(11)53(74)47(38-44)65(16,17)18)63(81)72(62(70)80)69(30-9,60(78)84-33-24-3)57(87-51(90)27-6)45-36-42(12)54(75)48(39-45)66(19,20)21/h34-39,55-57,73-75H,22-33H2,1-21H3. The van der Waals surface area contributed by atoms with Gasteiger partial charge in [0.15, 0.2) is 50.1 Å². The van der Waals surface area contributed by atoms with Crippen LogP contribution in [0.4, 0.5) is 0 Å². The molecule has 6 unspecified atom stereocenters. The van der Waals surface area contributed by atoms with Crippen molar-refractivity contribution in [2.75, 3.05) is 19.8 Å². The van der Waals surface area contributed by atoms with Crippen molar-refractivity contribution in [3.8, 4) is 17.2 Å². The number of aryl methyl sites for hydroxylation is 3. The molecule has 21 heteroatoms. The smallest absolute Gasteiger partial charge is 0.338 e. The van der Waals surface area contributed by atoms with Crippen molar-refractivity contribution < 1.29 is 58.1 Å². The number of phenolic OH excluding ortho intramolecular Hbond substituents is 3. The van der Waals surface area contributed by atoms with Gasteiger partial charge in [-0.15, -0.1) is 0 Å². The van der Waals surface area contributed by atoms with Gasteiger partial charge in [-0.05, 0) is 199 Å². The van der Waals surface area contributed by atoms with Crippen molar-refractivity contribution in [3.63, 3.8) is 0 Å². The zero-order chi connectivity index (χ0) is 68.6. The van der Waals surface area contributed by atoms with E-state index in [2.05, 4.69) is 0 Å². The van der Waals surface area contributed by atoms with Crippen molar-refractivity contribution in [1.29, 1.82) is 0 Å². The number of nitrogens with zero attached hydrogens (tertiary/aromatic N) is 3. The summed E-state index contributed by atoms with van der Waals surface area (Å²) < 4.78 is 40.7. The van der Waals surface area contributed by atoms with Gasteiger partial charge in [0.05, 0.1) is 19.8 Å². The van der Waals surface area contributed by atoms with E-state index in [4.69, 9.17) is 65.1 Å². The van der Waals surface area contributed by atoms with Crippen molar-refractivity contribution in [2.45, 2.75) is 254 Å². The van der Waals surface area contributed by atoms with E-state index in [9.17, 15) is 15.3 Å². The van der Waals surface area contributed by atoms with Gasteiger partial charge in [0.1, 0.15) is 17.2 Å². The first-order valence-corrected chi connectivity index (χ1v) is 32.7. The highest BCUT2D eigenvalue weighted by molar-refractivity contribution is 7.80. The number of ether oxygens (including phenoxy) is 6. The third-order valence-corrected chi connectivity index (χ3v) is 17.7. The molecule has 3 N–H and O–H groups in total. The Morgan fingerprint density at radius 1 is 0.411 bits per heavy atom. The molecule has 18 nitrogen and oxygen atoms in total. The van der Waals surface area contributed by atoms with Crippen LogP contribution in [0.25, 0.3) is 0 Å². The fraction of sp³-hybridized carbons (Fsp3) is 0.609. The highest BCUT2D eigenvalue weighted by atomic mass is 32.1. The number of carbonyl (C=O) groups is 3. The predicted molar refractivity (Wildman–Crippen MR) is 363 cm³/mol. The molecule has 0 radical (unpaired) electrons. The number of carbonyl (C=O) groups excluding carboxylic acids is 3. The summed E-state index contributed by atoms with van der Waals surface area (Å²) in [5.74, 6) is -3.95. The normalized spacial score (nSPS) is 15.0. The predicted octanol–water partition coefficient (Wildman–Crippen LogP) is 13.8. The third kappa shape index (κ3) is 14.9. The molecule has 498 valence electrons. The Labute approximate surface area is 548 Å². The van der Waals surface area contributed by atoms with Gasteiger partial charge in [-0.25, -0.2) is 42.5 Å². The van der Waals surface area contributed by atoms with Gasteiger partial charge >= 0.3 is 35.0 Å². The zero-order valence-corrected chi connectivity index (χ0v) is 59.4. The number of aromatic hydroxyl groups is 3. The lowest BCUT2D eigenvalue weighted by molar-refractivity contribution is -0.166. The molecule has 0 aliphatic rings. The summed E-state index contributed by atoms with van der Waals surface area (Å²) in [7, 11) is 0. The summed E-state index contributed by atoms with van der Waals surface area (Å²) in [5.41, 5.74) is -13.2. The molecule has 6 atom stereocenters. The largest absolute Gasteiger partial charge is 0.507 e. The number of esters is 3. The van der Waals surface area contributed by atoms with Gasteiger partial charge in [-0.1, -0.05) is 125 Å². The van der Waals surface area contributed by atoms with Crippen LogP contribution in [0.3, 0.4) is 0 Å². The Morgan fingerprint density at radius 2 is 0.622 bits per heavy atom. The Bertz CT molecular complexity index is 3120. The number of phenols is 3. The van der Waals surface area contributed by atoms with E-state index in [1.54, 1.807) is 80.5 Å². The highest BCUT2D eigenvalue weighted by Gasteiger charge is 2.61. The Morgan fingerprint density at radius 3 is 0.789 bits per heavy atom. The monoisotopic (exact) mass is 1310 g/mol. The molecular weight excluding hydrogens is 1210 g/mol. The molecule has 1 heterocycles. The number of thiocarbonyl (C=S) groups is 3. The topological polar surface area (TPSA) is 233 Å². The van der Waals surface area contributed by atoms with Crippen LogP contribution in [-0.4, -0.2) is 81.9 Å². The minimum Gasteiger partial charge on any atom is -0.507 e. The molecule has 0 spiro atoms. The second-order valence-corrected chi connectivity index (χ2v) is 27.6. The fourth-order valence-electron chi connectivity index (χ4n) is 11.5. The average Bonchev–Trinajstić information content (AvgIpc) is 0.693. The number of hydrogen-bond acceptors (Lipinski definition) is 18. The van der Waals surface area contributed by atoms with E-state index in [1.807, 2.05) is 62.3 Å². The molecular formula is C69H99N3O15S3. The lowest BCUT2D eigenvalue weighted by Gasteiger charge is -2.44. The molecule has 0 saturated heterocycles. The summed E-state index contributed by atoms with van der Waals surface area (Å²) in [4.78, 5) is 102. The first kappa shape index (κ1) is 76.0. The maximum absolute atomic E-state index is 17.5. The van der Waals surface area contributed by atoms with Gasteiger partial charge in [-0.3, -0.25) is 0 Å². The van der Waals surface area contributed by atoms with Crippen LogP contribution in [-0.2, 0) is 75.7 Å². The Hall–Kier alpha value is -6.45. The van der Waals surface area contributed by atoms with Crippen LogP contribution >= 0.6 is 36.7 Å². The van der Waals surface area contributed by atoms with Gasteiger partial charge in [-0.2, -0.15) is 0 Å². The van der Waals surface area contributed by atoms with Crippen LogP contribution in [0.1, 0.15) is 251 Å². The summed E-state index contributed by atoms with van der Waals surface area (Å²) >= 11 is 17.7. The van der Waals surface area contributed by atoms with E-state index in [0.29, 0.717) is 47.1 Å². The molecule has 0 saturated carbocycles. The minimum atomic E-state index is -2.81. The van der Waals surface area contributed by atoms with E-state index in [0.717, 1.165) is 0 Å². The lowest BCUT2D eigenvalue weighted by Crippen LogP contribution is -2.72. The maximum Gasteiger partial charge on any atom is 0.338 e. The summed E-state index contributed by atoms with van der Waals surface area (Å²) in [6, 6.07) is 9.37. The van der Waals surface area contributed by atoms with Crippen LogP contribution in [0.2, 0.25) is 0 Å². The van der Waals surface area contributed by atoms with Crippen molar-refractivity contribution in [2.24, 2.45) is 0 Å². The number of hydrogen-bond donors (Lipinski definition) is 3. The second kappa shape index (κ2) is 30.3. The van der Waals surface area contributed by atoms with Crippen molar-refractivity contribution in [1.82, 2.24) is 13.7 Å². The molecule has 4 aromatic rings. The minimum absolute atomic E-state index is 0.0554. The van der Waals surface area contributed by atoms with Gasteiger partial charge in [0, 0.05) is 19.3 Å². The molecule has 4 rings (SSSR count). The molecule has 0 aliphatic heterocycles. The molecule has 0 aliphatic carbocycles. The number of aromatic nitrogens is 3. The number of rotatable bonds is 27. The van der Waals surface area contributed by atoms with E-state index < -0.39 is 105 Å². The highest BCUT2D eigenvalue weighted by Crippen LogP contribution is 2.49. The molecule has 1 aromatic heterocycles. The molecule has 0 fully saturated rings. The summed E-state index contributed by atoms with van der Waals surface area (Å²) in [5, 5.41) is 35.1. The molecule has 90 heavy (non-hydrogen) atoms. The lowest BCUT2D eigenvalue weighted by atomic mass is 9.78. The van der Waals surface area contributed by atoms with Crippen molar-refractivity contribution >= 4 is 69.7 Å². The zero-order valence-electron chi connectivity index (χ0n) is 57.0. The summed E-state index contributed by atoms with van der Waals surface area (Å²) in [6.45, 7) is 35.6. The SMILES string of the molecule is CCCOC(=O)C(CC)(C(OC(=S)CC)c1cc(C)c(O)c(C(C)(C)C)c1)n1c(=O)n(C(CC)(C(=O)OCCC)C(OC(=S)CC)c2cc(C)c(O)c(C(C)(C)C)c2)c(=O)n(C(CC)(C(=O)OCCC)C(OC(=S)CC)c2cc(C)c(O)c(C(C)(C)C)c2)c1=O. The van der Waals surface area contributed by atoms with Crippen molar-refractivity contribution in [3.05, 3.63) is 118 Å². The van der Waals surface area contributed by atoms with E-state index in [1.165, 1.54) is 39.0 Å². The third-order valence-electron chi connectivity index (χ3n) is 16.5. The number of benzene rings is 3. The van der Waals surface area contributed by atoms with Crippen LogP contribution in [0, 0.1) is 20.8 Å². The quantitative estimate of drug-likeness (QED) is 0.0286. The first-order valence-electron chi connectivity index (χ1n) is 31.5. The maximum atomic E-state index is 17.5. The fourth-order valence-corrected chi connectivity index (χ4v) is 11.8. The summed E-state index contributed by atoms with van der Waals surface area (Å²) in [6.07, 6.45) is -6.42. The molecule has 0 bridgehead atoms. The van der Waals surface area contributed by atoms with E-state index in [-0.39, 0.29) is 107 Å². The van der Waals surface area contributed by atoms with Crippen LogP contribution in [0.15, 0.2) is 50.8 Å². The second-order valence-electron chi connectivity index (χ2n) is 26.2. The Balaban J connectivity index is 2.84. The molecule has 0 amide bonds. The van der Waals surface area contributed by atoms with Gasteiger partial charge in [0.25, 0.3) is 0 Å². The van der Waals surface area contributed by atoms with E-state index >= 15 is 28.8 Å².